The van der Waals surface area contributed by atoms with E-state index in [0.717, 1.165) is 5.39 Å². The number of aromatic nitrogens is 1. The number of halogens is 1. The minimum absolute atomic E-state index is 0.0201. The fourth-order valence-corrected chi connectivity index (χ4v) is 6.24. The Morgan fingerprint density at radius 3 is 2.42 bits per heavy atom. The zero-order valence-electron chi connectivity index (χ0n) is 29.1. The maximum atomic E-state index is 14.5. The van der Waals surface area contributed by atoms with Crippen LogP contribution in [0.1, 0.15) is 61.8 Å². The lowest BCUT2D eigenvalue weighted by Gasteiger charge is -2.36. The molecular formula is C35H47ClN4O8. The molecule has 1 aromatic carbocycles. The minimum Gasteiger partial charge on any atom is -0.494 e. The lowest BCUT2D eigenvalue weighted by Crippen LogP contribution is -2.60. The van der Waals surface area contributed by atoms with Crippen LogP contribution >= 0.6 is 11.6 Å². The van der Waals surface area contributed by atoms with Crippen LogP contribution in [0, 0.1) is 17.3 Å². The van der Waals surface area contributed by atoms with Crippen LogP contribution in [0.15, 0.2) is 37.1 Å². The molecule has 0 radical (unpaired) electrons. The fraction of sp³-hybridized carbons (Fsp3) is 0.571. The Labute approximate surface area is 286 Å². The molecule has 4 rings (SSSR count). The van der Waals surface area contributed by atoms with Crippen molar-refractivity contribution in [3.63, 3.8) is 0 Å². The Kier molecular flexibility index (Phi) is 10.6. The summed E-state index contributed by atoms with van der Waals surface area (Å²) in [5, 5.41) is 7.40. The lowest BCUT2D eigenvalue weighted by atomic mass is 9.85. The van der Waals surface area contributed by atoms with Crippen molar-refractivity contribution in [2.75, 3.05) is 20.3 Å². The Hall–Kier alpha value is -4.06. The highest BCUT2D eigenvalue weighted by atomic mass is 35.5. The molecule has 262 valence electrons. The van der Waals surface area contributed by atoms with E-state index in [4.69, 9.17) is 30.5 Å². The van der Waals surface area contributed by atoms with E-state index in [0.29, 0.717) is 22.6 Å². The number of amides is 3. The van der Waals surface area contributed by atoms with E-state index < -0.39 is 64.5 Å². The summed E-state index contributed by atoms with van der Waals surface area (Å²) < 4.78 is 22.7. The highest BCUT2D eigenvalue weighted by Crippen LogP contribution is 2.46. The summed E-state index contributed by atoms with van der Waals surface area (Å²) in [6, 6.07) is 3.08. The summed E-state index contributed by atoms with van der Waals surface area (Å²) in [6.45, 7) is 18.0. The second-order valence-corrected chi connectivity index (χ2v) is 14.9. The molecule has 1 aromatic heterocycles. The number of hydrogen-bond donors (Lipinski definition) is 2. The molecule has 2 fully saturated rings. The molecule has 0 bridgehead atoms. The predicted molar refractivity (Wildman–Crippen MR) is 181 cm³/mol. The average Bonchev–Trinajstić information content (AvgIpc) is 3.61. The van der Waals surface area contributed by atoms with E-state index in [2.05, 4.69) is 22.2 Å². The van der Waals surface area contributed by atoms with Gasteiger partial charge in [-0.05, 0) is 57.7 Å². The number of ether oxygens (including phenoxy) is 4. The van der Waals surface area contributed by atoms with Crippen molar-refractivity contribution in [3.05, 3.63) is 42.1 Å². The summed E-state index contributed by atoms with van der Waals surface area (Å²) in [5.74, 6) is -1.78. The number of likely N-dealkylation sites (tertiary alicyclic amines) is 1. The van der Waals surface area contributed by atoms with Gasteiger partial charge in [0.05, 0.1) is 26.5 Å². The number of pyridine rings is 1. The molecule has 2 N–H and O–H groups in total. The number of nitrogens with one attached hydrogen (secondary N) is 2. The third-order valence-corrected chi connectivity index (χ3v) is 8.90. The lowest BCUT2D eigenvalue weighted by molar-refractivity contribution is -0.150. The van der Waals surface area contributed by atoms with Crippen molar-refractivity contribution in [2.45, 2.75) is 91.1 Å². The fourth-order valence-electron chi connectivity index (χ4n) is 6.07. The second-order valence-electron chi connectivity index (χ2n) is 14.4. The first-order valence-electron chi connectivity index (χ1n) is 16.1. The highest BCUT2D eigenvalue weighted by Gasteiger charge is 2.62. The summed E-state index contributed by atoms with van der Waals surface area (Å²) in [7, 11) is 1.54. The number of methoxy groups -OCH3 is 1. The molecule has 3 amide bonds. The number of hydrogen-bond acceptors (Lipinski definition) is 9. The molecule has 6 atom stereocenters. The molecule has 6 unspecified atom stereocenters. The highest BCUT2D eigenvalue weighted by molar-refractivity contribution is 6.31. The van der Waals surface area contributed by atoms with Crippen LogP contribution in [-0.4, -0.2) is 83.3 Å². The Balaban J connectivity index is 1.73. The van der Waals surface area contributed by atoms with Crippen molar-refractivity contribution >= 4 is 46.3 Å². The normalized spacial score (nSPS) is 24.3. The zero-order valence-corrected chi connectivity index (χ0v) is 29.9. The maximum absolute atomic E-state index is 14.5. The Morgan fingerprint density at radius 1 is 1.17 bits per heavy atom. The molecule has 1 aliphatic carbocycles. The van der Waals surface area contributed by atoms with Crippen molar-refractivity contribution in [1.82, 2.24) is 20.5 Å². The Bertz CT molecular complexity index is 1580. The molecule has 1 saturated carbocycles. The third-order valence-electron chi connectivity index (χ3n) is 8.67. The molecule has 13 heteroatoms. The van der Waals surface area contributed by atoms with E-state index in [-0.39, 0.29) is 24.9 Å². The molecule has 12 nitrogen and oxygen atoms in total. The number of carbonyl (C=O) groups is 4. The number of alkyl carbamates (subject to hydrolysis) is 1. The van der Waals surface area contributed by atoms with Gasteiger partial charge in [0, 0.05) is 27.6 Å². The Morgan fingerprint density at radius 2 is 1.85 bits per heavy atom. The van der Waals surface area contributed by atoms with Gasteiger partial charge in [-0.15, -0.1) is 6.58 Å². The molecule has 2 aromatic rings. The van der Waals surface area contributed by atoms with Crippen molar-refractivity contribution in [2.24, 2.45) is 17.3 Å². The van der Waals surface area contributed by atoms with Crippen LogP contribution < -0.4 is 20.1 Å². The molecule has 48 heavy (non-hydrogen) atoms. The number of fused-ring (bicyclic) bond motifs is 1. The number of carbonyl (C=O) groups excluding carboxylic acids is 4. The number of rotatable bonds is 10. The van der Waals surface area contributed by atoms with Crippen LogP contribution in [0.5, 0.6) is 11.6 Å². The SMILES string of the molecule is C=CC1CC1(NC(=O)C1C(C)C(Oc2ncc(OC)c3ccc(Cl)cc23)CN1C(=O)C(NC(=O)OC(C)(C)C)C(C)(C)C)C(=O)OCC. The predicted octanol–water partition coefficient (Wildman–Crippen LogP) is 5.05. The van der Waals surface area contributed by atoms with Crippen LogP contribution in [0.3, 0.4) is 0 Å². The summed E-state index contributed by atoms with van der Waals surface area (Å²) in [5.41, 5.74) is -2.87. The van der Waals surface area contributed by atoms with E-state index in [1.54, 1.807) is 79.7 Å². The molecule has 0 spiro atoms. The molecular weight excluding hydrogens is 640 g/mol. The van der Waals surface area contributed by atoms with Gasteiger partial charge >= 0.3 is 12.1 Å². The average molecular weight is 687 g/mol. The number of benzene rings is 1. The van der Waals surface area contributed by atoms with Gasteiger partial charge in [0.15, 0.2) is 0 Å². The quantitative estimate of drug-likeness (QED) is 0.259. The summed E-state index contributed by atoms with van der Waals surface area (Å²) in [4.78, 5) is 60.6. The minimum atomic E-state index is -1.29. The standard InChI is InChI=1S/C35H47ClN4O8/c1-11-20-16-35(20,31(43)46-12-2)39-28(41)26-19(3)25(47-29-23-15-21(36)13-14-22(23)24(45-10)17-37-29)18-40(26)30(42)27(33(4,5)6)38-32(44)48-34(7,8)9/h11,13-15,17,19-20,25-27H,1,12,16,18H2,2-10H3,(H,38,44)(H,39,41). The molecule has 1 saturated heterocycles. The number of nitrogens with zero attached hydrogens (tertiary/aromatic N) is 2. The van der Waals surface area contributed by atoms with Gasteiger partial charge in [0.2, 0.25) is 17.7 Å². The monoisotopic (exact) mass is 686 g/mol. The van der Waals surface area contributed by atoms with Gasteiger partial charge < -0.3 is 34.5 Å². The van der Waals surface area contributed by atoms with E-state index in [1.807, 2.05) is 0 Å². The van der Waals surface area contributed by atoms with E-state index in [9.17, 15) is 19.2 Å². The van der Waals surface area contributed by atoms with Crippen LogP contribution in [0.25, 0.3) is 10.8 Å². The second kappa shape index (κ2) is 13.8. The topological polar surface area (TPSA) is 145 Å². The van der Waals surface area contributed by atoms with Crippen molar-refractivity contribution in [1.29, 1.82) is 0 Å². The van der Waals surface area contributed by atoms with E-state index >= 15 is 0 Å². The van der Waals surface area contributed by atoms with Gasteiger partial charge in [-0.1, -0.05) is 45.4 Å². The van der Waals surface area contributed by atoms with Crippen LogP contribution in [0.2, 0.25) is 5.02 Å². The van der Waals surface area contributed by atoms with Gasteiger partial charge in [-0.3, -0.25) is 9.59 Å². The van der Waals surface area contributed by atoms with Gasteiger partial charge in [-0.25, -0.2) is 14.6 Å². The van der Waals surface area contributed by atoms with Gasteiger partial charge in [0.1, 0.15) is 35.1 Å². The molecule has 1 aliphatic heterocycles. The summed E-state index contributed by atoms with van der Waals surface area (Å²) >= 11 is 6.34. The largest absolute Gasteiger partial charge is 0.494 e. The van der Waals surface area contributed by atoms with Crippen LogP contribution in [0.4, 0.5) is 4.79 Å². The van der Waals surface area contributed by atoms with Crippen LogP contribution in [-0.2, 0) is 23.9 Å². The van der Waals surface area contributed by atoms with E-state index in [1.165, 1.54) is 18.2 Å². The van der Waals surface area contributed by atoms with Crippen molar-refractivity contribution in [3.8, 4) is 11.6 Å². The van der Waals surface area contributed by atoms with Crippen molar-refractivity contribution < 1.29 is 38.1 Å². The molecule has 2 heterocycles. The first-order valence-corrected chi connectivity index (χ1v) is 16.4. The summed E-state index contributed by atoms with van der Waals surface area (Å²) in [6.07, 6.45) is 1.97. The smallest absolute Gasteiger partial charge is 0.408 e. The van der Waals surface area contributed by atoms with Gasteiger partial charge in [-0.2, -0.15) is 0 Å². The number of esters is 1. The maximum Gasteiger partial charge on any atom is 0.408 e. The van der Waals surface area contributed by atoms with Gasteiger partial charge in [0.25, 0.3) is 0 Å². The first kappa shape index (κ1) is 36.8. The zero-order chi connectivity index (χ0) is 35.8. The third kappa shape index (κ3) is 7.64. The first-order chi connectivity index (χ1) is 22.4. The molecule has 2 aliphatic rings.